The van der Waals surface area contributed by atoms with Gasteiger partial charge in [-0.3, -0.25) is 9.20 Å². The molecule has 0 unspecified atom stereocenters. The van der Waals surface area contributed by atoms with Crippen LogP contribution in [0, 0.1) is 0 Å². The minimum absolute atomic E-state index is 0.287. The van der Waals surface area contributed by atoms with E-state index in [4.69, 9.17) is 19.9 Å². The number of aromatic nitrogens is 6. The van der Waals surface area contributed by atoms with Crippen molar-refractivity contribution in [1.82, 2.24) is 29.3 Å². The zero-order valence-corrected chi connectivity index (χ0v) is 22.8. The second kappa shape index (κ2) is 10.1. The molecule has 0 aliphatic carbocycles. The second-order valence-corrected chi connectivity index (χ2v) is 10.2. The van der Waals surface area contributed by atoms with Crippen LogP contribution in [0.1, 0.15) is 0 Å². The Balaban J connectivity index is 1.42. The molecule has 7 heteroatoms. The monoisotopic (exact) mass is 554 g/mol. The quantitative estimate of drug-likeness (QED) is 0.213. The van der Waals surface area contributed by atoms with E-state index in [1.807, 2.05) is 132 Å². The number of rotatable bonds is 4. The third kappa shape index (κ3) is 4.31. The van der Waals surface area contributed by atoms with Gasteiger partial charge in [-0.2, -0.15) is 4.98 Å². The van der Waals surface area contributed by atoms with E-state index < -0.39 is 0 Å². The van der Waals surface area contributed by atoms with Crippen molar-refractivity contribution in [3.05, 3.63) is 144 Å². The predicted molar refractivity (Wildman–Crippen MR) is 169 cm³/mol. The van der Waals surface area contributed by atoms with Gasteiger partial charge in [0.25, 0.3) is 5.56 Å². The van der Waals surface area contributed by atoms with E-state index in [2.05, 4.69) is 4.98 Å². The number of benzene rings is 5. The number of fused-ring (bicyclic) bond motifs is 5. The van der Waals surface area contributed by atoms with Gasteiger partial charge < -0.3 is 0 Å². The fraction of sp³-hybridized carbons (Fsp3) is 0. The molecule has 3 aromatic heterocycles. The minimum atomic E-state index is -0.287. The summed E-state index contributed by atoms with van der Waals surface area (Å²) in [4.78, 5) is 37.5. The normalized spacial score (nSPS) is 11.3. The Morgan fingerprint density at radius 2 is 0.977 bits per heavy atom. The lowest BCUT2D eigenvalue weighted by molar-refractivity contribution is 1.07. The summed E-state index contributed by atoms with van der Waals surface area (Å²) >= 11 is 0. The summed E-state index contributed by atoms with van der Waals surface area (Å²) in [6, 6.07) is 43.0. The van der Waals surface area contributed by atoms with E-state index >= 15 is 0 Å². The molecule has 8 aromatic rings. The Kier molecular flexibility index (Phi) is 5.79. The van der Waals surface area contributed by atoms with Crippen molar-refractivity contribution in [3.8, 4) is 45.6 Å². The molecule has 0 spiro atoms. The molecule has 8 rings (SSSR count). The summed E-state index contributed by atoms with van der Waals surface area (Å²) in [6.45, 7) is 0. The molecule has 202 valence electrons. The van der Waals surface area contributed by atoms with Crippen molar-refractivity contribution in [2.45, 2.75) is 0 Å². The highest BCUT2D eigenvalue weighted by Crippen LogP contribution is 2.31. The molecule has 0 atom stereocenters. The van der Waals surface area contributed by atoms with E-state index in [9.17, 15) is 4.79 Å². The van der Waals surface area contributed by atoms with Crippen LogP contribution in [0.4, 0.5) is 0 Å². The van der Waals surface area contributed by atoms with Crippen molar-refractivity contribution in [2.24, 2.45) is 0 Å². The van der Waals surface area contributed by atoms with Crippen molar-refractivity contribution >= 4 is 27.5 Å². The molecular formula is C36H22N6O. The molecule has 7 nitrogen and oxygen atoms in total. The van der Waals surface area contributed by atoms with Gasteiger partial charge in [-0.1, -0.05) is 103 Å². The van der Waals surface area contributed by atoms with Crippen molar-refractivity contribution in [2.75, 3.05) is 0 Å². The summed E-state index contributed by atoms with van der Waals surface area (Å²) in [5, 5.41) is 1.26. The molecule has 43 heavy (non-hydrogen) atoms. The lowest BCUT2D eigenvalue weighted by Crippen LogP contribution is -2.13. The molecule has 0 aliphatic heterocycles. The van der Waals surface area contributed by atoms with Crippen LogP contribution in [-0.4, -0.2) is 29.3 Å². The highest BCUT2D eigenvalue weighted by atomic mass is 16.1. The Hall–Kier alpha value is -6.08. The summed E-state index contributed by atoms with van der Waals surface area (Å²) in [7, 11) is 0. The van der Waals surface area contributed by atoms with Gasteiger partial charge in [0.05, 0.1) is 16.4 Å². The van der Waals surface area contributed by atoms with Gasteiger partial charge in [0.2, 0.25) is 0 Å². The molecule has 0 aliphatic rings. The molecule has 3 heterocycles. The van der Waals surface area contributed by atoms with Gasteiger partial charge in [0.1, 0.15) is 5.82 Å². The fourth-order valence-corrected chi connectivity index (χ4v) is 5.40. The first-order valence-electron chi connectivity index (χ1n) is 13.9. The van der Waals surface area contributed by atoms with E-state index in [1.54, 1.807) is 6.07 Å². The molecule has 0 N–H and O–H groups in total. The van der Waals surface area contributed by atoms with Crippen LogP contribution in [0.3, 0.4) is 0 Å². The first-order chi connectivity index (χ1) is 21.2. The molecular weight excluding hydrogens is 532 g/mol. The van der Waals surface area contributed by atoms with Crippen molar-refractivity contribution in [3.63, 3.8) is 0 Å². The SMILES string of the molecule is O=c1nc2c3cc(-c4nc(-c5ccccc5)nc(-c5ccccc5)n4)ccc3nc(-c3ccccc3)n2c2ccccc12. The van der Waals surface area contributed by atoms with Crippen LogP contribution in [0.5, 0.6) is 0 Å². The maximum atomic E-state index is 13.3. The minimum Gasteiger partial charge on any atom is -0.277 e. The molecule has 5 aromatic carbocycles. The van der Waals surface area contributed by atoms with Gasteiger partial charge in [0, 0.05) is 27.6 Å². The van der Waals surface area contributed by atoms with E-state index in [0.29, 0.717) is 39.8 Å². The lowest BCUT2D eigenvalue weighted by atomic mass is 10.1. The maximum absolute atomic E-state index is 13.3. The number of hydrogen-bond donors (Lipinski definition) is 0. The average Bonchev–Trinajstić information content (AvgIpc) is 3.09. The molecule has 0 radical (unpaired) electrons. The third-order valence-corrected chi connectivity index (χ3v) is 7.46. The predicted octanol–water partition coefficient (Wildman–Crippen LogP) is 7.25. The van der Waals surface area contributed by atoms with Crippen LogP contribution in [0.15, 0.2) is 138 Å². The van der Waals surface area contributed by atoms with Crippen LogP contribution in [-0.2, 0) is 0 Å². The first kappa shape index (κ1) is 24.7. The molecule has 0 bridgehead atoms. The van der Waals surface area contributed by atoms with Gasteiger partial charge in [-0.05, 0) is 30.3 Å². The Bertz CT molecular complexity index is 2300. The molecule has 0 saturated heterocycles. The number of hydrogen-bond acceptors (Lipinski definition) is 6. The van der Waals surface area contributed by atoms with Crippen LogP contribution >= 0.6 is 0 Å². The number of nitrogens with zero attached hydrogens (tertiary/aromatic N) is 6. The standard InChI is InChI=1S/C36H22N6O/c43-36-27-18-10-11-19-30(27)42-34(25-16-8-3-9-17-25)37-29-21-20-26(22-28(29)35(42)41-36)33-39-31(23-12-4-1-5-13-23)38-32(40-33)24-14-6-2-7-15-24/h1-22H. The third-order valence-electron chi connectivity index (χ3n) is 7.46. The topological polar surface area (TPSA) is 85.9 Å². The zero-order chi connectivity index (χ0) is 28.8. The average molecular weight is 555 g/mol. The van der Waals surface area contributed by atoms with Gasteiger partial charge in [-0.25, -0.2) is 19.9 Å². The summed E-state index contributed by atoms with van der Waals surface area (Å²) in [6.07, 6.45) is 0. The van der Waals surface area contributed by atoms with Crippen LogP contribution in [0.2, 0.25) is 0 Å². The fourth-order valence-electron chi connectivity index (χ4n) is 5.40. The van der Waals surface area contributed by atoms with E-state index in [-0.39, 0.29) is 5.56 Å². The maximum Gasteiger partial charge on any atom is 0.281 e. The van der Waals surface area contributed by atoms with Crippen LogP contribution < -0.4 is 5.56 Å². The highest BCUT2D eigenvalue weighted by Gasteiger charge is 2.17. The smallest absolute Gasteiger partial charge is 0.277 e. The summed E-state index contributed by atoms with van der Waals surface area (Å²) in [5.41, 5.74) is 5.17. The Morgan fingerprint density at radius 1 is 0.442 bits per heavy atom. The Labute approximate surface area is 245 Å². The largest absolute Gasteiger partial charge is 0.281 e. The number of para-hydroxylation sites is 1. The Morgan fingerprint density at radius 3 is 1.60 bits per heavy atom. The molecule has 0 amide bonds. The lowest BCUT2D eigenvalue weighted by Gasteiger charge is -2.14. The highest BCUT2D eigenvalue weighted by molar-refractivity contribution is 5.98. The summed E-state index contributed by atoms with van der Waals surface area (Å²) < 4.78 is 1.97. The first-order valence-corrected chi connectivity index (χ1v) is 13.9. The van der Waals surface area contributed by atoms with Crippen molar-refractivity contribution in [1.29, 1.82) is 0 Å². The van der Waals surface area contributed by atoms with Gasteiger partial charge in [-0.15, -0.1) is 0 Å². The summed E-state index contributed by atoms with van der Waals surface area (Å²) in [5.74, 6) is 2.38. The van der Waals surface area contributed by atoms with Crippen molar-refractivity contribution < 1.29 is 0 Å². The molecule has 0 saturated carbocycles. The second-order valence-electron chi connectivity index (χ2n) is 10.2. The zero-order valence-electron chi connectivity index (χ0n) is 22.8. The van der Waals surface area contributed by atoms with Crippen LogP contribution in [0.25, 0.3) is 73.0 Å². The van der Waals surface area contributed by atoms with E-state index in [0.717, 1.165) is 33.2 Å². The molecule has 0 fully saturated rings. The van der Waals surface area contributed by atoms with Gasteiger partial charge >= 0.3 is 0 Å². The van der Waals surface area contributed by atoms with E-state index in [1.165, 1.54) is 0 Å². The van der Waals surface area contributed by atoms with Gasteiger partial charge in [0.15, 0.2) is 23.1 Å².